The summed E-state index contributed by atoms with van der Waals surface area (Å²) in [7, 11) is 0. The molecule has 0 aliphatic heterocycles. The third-order valence-electron chi connectivity index (χ3n) is 2.98. The number of aromatic nitrogens is 3. The van der Waals surface area contributed by atoms with Gasteiger partial charge in [0.05, 0.1) is 27.9 Å². The zero-order valence-electron chi connectivity index (χ0n) is 10.5. The Morgan fingerprint density at radius 3 is 2.43 bits per heavy atom. The summed E-state index contributed by atoms with van der Waals surface area (Å²) in [6.45, 7) is 0. The van der Waals surface area contributed by atoms with E-state index in [4.69, 9.17) is 0 Å². The van der Waals surface area contributed by atoms with Crippen molar-refractivity contribution >= 4 is 10.9 Å². The summed E-state index contributed by atoms with van der Waals surface area (Å²) >= 11 is 0. The second kappa shape index (κ2) is 4.69. The molecule has 0 radical (unpaired) electrons. The third kappa shape index (κ3) is 2.49. The second-order valence-electron chi connectivity index (χ2n) is 4.37. The Bertz CT molecular complexity index is 854. The first kappa shape index (κ1) is 13.3. The van der Waals surface area contributed by atoms with Crippen LogP contribution in [0.4, 0.5) is 13.2 Å². The Kier molecular flexibility index (Phi) is 2.97. The molecule has 3 rings (SSSR count). The van der Waals surface area contributed by atoms with E-state index in [-0.39, 0.29) is 5.56 Å². The lowest BCUT2D eigenvalue weighted by molar-refractivity contribution is -0.137. The Labute approximate surface area is 116 Å². The number of alkyl halides is 3. The zero-order chi connectivity index (χ0) is 15.0. The molecule has 0 aromatic carbocycles. The van der Waals surface area contributed by atoms with Gasteiger partial charge in [0.25, 0.3) is 5.56 Å². The fourth-order valence-corrected chi connectivity index (χ4v) is 1.92. The molecule has 0 unspecified atom stereocenters. The van der Waals surface area contributed by atoms with Gasteiger partial charge in [-0.15, -0.1) is 0 Å². The number of rotatable bonds is 1. The van der Waals surface area contributed by atoms with Gasteiger partial charge in [-0.2, -0.15) is 13.2 Å². The molecule has 106 valence electrons. The first-order chi connectivity index (χ1) is 9.95. The number of hydrogen-bond donors (Lipinski definition) is 1. The van der Waals surface area contributed by atoms with Crippen LogP contribution >= 0.6 is 0 Å². The molecule has 0 bridgehead atoms. The maximum atomic E-state index is 12.5. The summed E-state index contributed by atoms with van der Waals surface area (Å²) in [6, 6.07) is 6.93. The number of nitrogens with zero attached hydrogens (tertiary/aromatic N) is 2. The minimum atomic E-state index is -4.42. The van der Waals surface area contributed by atoms with E-state index in [1.54, 1.807) is 18.2 Å². The van der Waals surface area contributed by atoms with Gasteiger partial charge in [-0.05, 0) is 30.3 Å². The maximum Gasteiger partial charge on any atom is 0.417 e. The molecule has 7 heteroatoms. The van der Waals surface area contributed by atoms with Gasteiger partial charge >= 0.3 is 6.18 Å². The smallest absolute Gasteiger partial charge is 0.328 e. The van der Waals surface area contributed by atoms with Crippen LogP contribution in [0, 0.1) is 0 Å². The quantitative estimate of drug-likeness (QED) is 0.749. The number of halogens is 3. The topological polar surface area (TPSA) is 58.6 Å². The van der Waals surface area contributed by atoms with Gasteiger partial charge in [0.2, 0.25) is 0 Å². The van der Waals surface area contributed by atoms with Gasteiger partial charge in [-0.1, -0.05) is 0 Å². The summed E-state index contributed by atoms with van der Waals surface area (Å²) in [5.41, 5.74) is 0.0837. The number of hydrogen-bond acceptors (Lipinski definition) is 3. The molecule has 0 atom stereocenters. The highest BCUT2D eigenvalue weighted by molar-refractivity contribution is 5.79. The molecule has 4 nitrogen and oxygen atoms in total. The average Bonchev–Trinajstić information content (AvgIpc) is 2.46. The summed E-state index contributed by atoms with van der Waals surface area (Å²) in [6.07, 6.45) is -2.20. The van der Waals surface area contributed by atoms with Crippen LogP contribution in [0.2, 0.25) is 0 Å². The van der Waals surface area contributed by atoms with Crippen LogP contribution in [0.25, 0.3) is 22.3 Å². The summed E-state index contributed by atoms with van der Waals surface area (Å²) in [5, 5.41) is 0.410. The normalized spacial score (nSPS) is 11.8. The van der Waals surface area contributed by atoms with E-state index in [0.717, 1.165) is 12.3 Å². The van der Waals surface area contributed by atoms with Crippen molar-refractivity contribution in [3.63, 3.8) is 0 Å². The molecule has 3 aromatic heterocycles. The van der Waals surface area contributed by atoms with E-state index < -0.39 is 11.7 Å². The number of H-pyrrole nitrogens is 1. The monoisotopic (exact) mass is 291 g/mol. The predicted molar refractivity (Wildman–Crippen MR) is 70.6 cm³/mol. The van der Waals surface area contributed by atoms with Crippen LogP contribution in [0.5, 0.6) is 0 Å². The summed E-state index contributed by atoms with van der Waals surface area (Å²) in [5.74, 6) is 0. The average molecular weight is 291 g/mol. The van der Waals surface area contributed by atoms with Crippen molar-refractivity contribution in [3.05, 3.63) is 58.6 Å². The number of nitrogens with one attached hydrogen (secondary N) is 1. The fraction of sp³-hybridized carbons (Fsp3) is 0.0714. The van der Waals surface area contributed by atoms with Gasteiger partial charge in [0.1, 0.15) is 0 Å². The zero-order valence-corrected chi connectivity index (χ0v) is 10.5. The number of aromatic amines is 1. The molecule has 1 N–H and O–H groups in total. The summed E-state index contributed by atoms with van der Waals surface area (Å²) in [4.78, 5) is 22.1. The van der Waals surface area contributed by atoms with Crippen molar-refractivity contribution in [1.29, 1.82) is 0 Å². The van der Waals surface area contributed by atoms with Crippen LogP contribution in [0.1, 0.15) is 5.56 Å². The molecule has 21 heavy (non-hydrogen) atoms. The molecular formula is C14H8F3N3O. The van der Waals surface area contributed by atoms with Gasteiger partial charge in [0.15, 0.2) is 0 Å². The van der Waals surface area contributed by atoms with Crippen LogP contribution in [-0.4, -0.2) is 15.0 Å². The van der Waals surface area contributed by atoms with Crippen LogP contribution < -0.4 is 5.56 Å². The van der Waals surface area contributed by atoms with Crippen molar-refractivity contribution in [2.75, 3.05) is 0 Å². The van der Waals surface area contributed by atoms with Gasteiger partial charge in [-0.25, -0.2) is 4.98 Å². The van der Waals surface area contributed by atoms with Gasteiger partial charge in [-0.3, -0.25) is 9.78 Å². The molecule has 3 aromatic rings. The highest BCUT2D eigenvalue weighted by Gasteiger charge is 2.30. The lowest BCUT2D eigenvalue weighted by Crippen LogP contribution is -2.06. The summed E-state index contributed by atoms with van der Waals surface area (Å²) < 4.78 is 37.4. The highest BCUT2D eigenvalue weighted by Crippen LogP contribution is 2.29. The molecule has 3 heterocycles. The Morgan fingerprint density at radius 2 is 1.76 bits per heavy atom. The molecule has 0 fully saturated rings. The minimum Gasteiger partial charge on any atom is -0.328 e. The van der Waals surface area contributed by atoms with Crippen LogP contribution in [-0.2, 0) is 6.18 Å². The maximum absolute atomic E-state index is 12.5. The van der Waals surface area contributed by atoms with Crippen molar-refractivity contribution in [2.45, 2.75) is 6.18 Å². The Morgan fingerprint density at radius 1 is 1.00 bits per heavy atom. The highest BCUT2D eigenvalue weighted by atomic mass is 19.4. The molecular weight excluding hydrogens is 283 g/mol. The standard InChI is InChI=1S/C14H8F3N3O/c15-14(16,17)8-1-3-11(19-7-8)12-4-2-9-10(20-12)5-6-18-13(9)21/h1-7H,(H,18,21). The number of pyridine rings is 3. The first-order valence-corrected chi connectivity index (χ1v) is 5.97. The van der Waals surface area contributed by atoms with E-state index >= 15 is 0 Å². The van der Waals surface area contributed by atoms with Crippen molar-refractivity contribution in [1.82, 2.24) is 15.0 Å². The van der Waals surface area contributed by atoms with Crippen molar-refractivity contribution < 1.29 is 13.2 Å². The molecule has 0 saturated carbocycles. The molecule has 0 amide bonds. The van der Waals surface area contributed by atoms with E-state index in [1.165, 1.54) is 12.3 Å². The molecule has 0 aliphatic rings. The Hall–Kier alpha value is -2.70. The lowest BCUT2D eigenvalue weighted by atomic mass is 10.2. The first-order valence-electron chi connectivity index (χ1n) is 5.97. The SMILES string of the molecule is O=c1[nH]ccc2nc(-c3ccc(C(F)(F)F)cn3)ccc12. The number of fused-ring (bicyclic) bond motifs is 1. The van der Waals surface area contributed by atoms with E-state index in [1.807, 2.05) is 0 Å². The molecule has 0 aliphatic carbocycles. The van der Waals surface area contributed by atoms with E-state index in [2.05, 4.69) is 15.0 Å². The van der Waals surface area contributed by atoms with E-state index in [9.17, 15) is 18.0 Å². The lowest BCUT2D eigenvalue weighted by Gasteiger charge is -2.07. The van der Waals surface area contributed by atoms with Crippen LogP contribution in [0.3, 0.4) is 0 Å². The van der Waals surface area contributed by atoms with Crippen LogP contribution in [0.15, 0.2) is 47.5 Å². The minimum absolute atomic E-state index is 0.271. The third-order valence-corrected chi connectivity index (χ3v) is 2.98. The molecule has 0 saturated heterocycles. The van der Waals surface area contributed by atoms with Gasteiger partial charge < -0.3 is 4.98 Å². The second-order valence-corrected chi connectivity index (χ2v) is 4.37. The largest absolute Gasteiger partial charge is 0.417 e. The Balaban J connectivity index is 2.06. The van der Waals surface area contributed by atoms with Crippen molar-refractivity contribution in [3.8, 4) is 11.4 Å². The van der Waals surface area contributed by atoms with Gasteiger partial charge in [0, 0.05) is 12.4 Å². The fourth-order valence-electron chi connectivity index (χ4n) is 1.92. The van der Waals surface area contributed by atoms with E-state index in [0.29, 0.717) is 22.3 Å². The molecule has 0 spiro atoms. The predicted octanol–water partition coefficient (Wildman–Crippen LogP) is 3.00. The van der Waals surface area contributed by atoms with Crippen molar-refractivity contribution in [2.24, 2.45) is 0 Å².